The van der Waals surface area contributed by atoms with E-state index in [9.17, 15) is 14.4 Å². The van der Waals surface area contributed by atoms with Crippen molar-refractivity contribution in [2.24, 2.45) is 0 Å². The van der Waals surface area contributed by atoms with Crippen molar-refractivity contribution in [3.8, 4) is 5.75 Å². The Hall–Kier alpha value is -4.27. The fourth-order valence-corrected chi connectivity index (χ4v) is 4.63. The van der Waals surface area contributed by atoms with Gasteiger partial charge >= 0.3 is 6.09 Å². The summed E-state index contributed by atoms with van der Waals surface area (Å²) in [6.45, 7) is 8.35. The van der Waals surface area contributed by atoms with E-state index in [1.807, 2.05) is 72.6 Å². The third-order valence-electron chi connectivity index (χ3n) is 6.44. The van der Waals surface area contributed by atoms with Crippen LogP contribution in [0.2, 0.25) is 0 Å². The molecule has 0 atom stereocenters. The van der Waals surface area contributed by atoms with Gasteiger partial charge in [0.15, 0.2) is 11.4 Å². The van der Waals surface area contributed by atoms with Crippen molar-refractivity contribution in [3.05, 3.63) is 100.0 Å². The van der Waals surface area contributed by atoms with Crippen molar-refractivity contribution >= 4 is 12.0 Å². The number of pyridine rings is 1. The number of benzene rings is 2. The maximum Gasteiger partial charge on any atom is 0.407 e. The second-order valence-corrected chi connectivity index (χ2v) is 10.7. The first-order valence-corrected chi connectivity index (χ1v) is 13.7. The van der Waals surface area contributed by atoms with Gasteiger partial charge in [-0.2, -0.15) is 0 Å². The predicted octanol–water partition coefficient (Wildman–Crippen LogP) is 4.69. The minimum atomic E-state index is -0.634. The molecule has 4 rings (SSSR count). The molecule has 0 fully saturated rings. The van der Waals surface area contributed by atoms with Crippen LogP contribution in [0.5, 0.6) is 5.75 Å². The molecular formula is C31H38N4O5. The van der Waals surface area contributed by atoms with Crippen molar-refractivity contribution < 1.29 is 19.1 Å². The van der Waals surface area contributed by atoms with Gasteiger partial charge in [-0.15, -0.1) is 0 Å². The number of nitrogens with one attached hydrogen (secondary N) is 1. The van der Waals surface area contributed by atoms with E-state index in [0.29, 0.717) is 6.61 Å². The lowest BCUT2D eigenvalue weighted by Crippen LogP contribution is -2.56. The summed E-state index contributed by atoms with van der Waals surface area (Å²) in [6, 6.07) is 21.2. The molecular weight excluding hydrogens is 508 g/mol. The third-order valence-corrected chi connectivity index (χ3v) is 6.44. The third kappa shape index (κ3) is 6.83. The smallest absolute Gasteiger partial charge is 0.407 e. The molecule has 1 N–H and O–H groups in total. The number of hydrogen-bond donors (Lipinski definition) is 1. The molecule has 3 aromatic rings. The molecule has 2 aromatic carbocycles. The number of nitrogens with zero attached hydrogens (tertiary/aromatic N) is 3. The first kappa shape index (κ1) is 28.7. The van der Waals surface area contributed by atoms with Gasteiger partial charge in [-0.3, -0.25) is 19.3 Å². The van der Waals surface area contributed by atoms with Gasteiger partial charge in [0.25, 0.3) is 5.91 Å². The number of alkyl carbamates (subject to hydrolysis) is 1. The summed E-state index contributed by atoms with van der Waals surface area (Å²) in [5.74, 6) is -0.304. The van der Waals surface area contributed by atoms with Crippen LogP contribution in [0.1, 0.15) is 68.2 Å². The first-order chi connectivity index (χ1) is 19.2. The summed E-state index contributed by atoms with van der Waals surface area (Å²) in [7, 11) is 0. The molecule has 1 aromatic heterocycles. The number of ether oxygens (including phenoxy) is 2. The van der Waals surface area contributed by atoms with E-state index in [2.05, 4.69) is 5.32 Å². The normalized spacial score (nSPS) is 13.3. The zero-order valence-electron chi connectivity index (χ0n) is 23.6. The number of carbonyl (C=O) groups excluding carboxylic acids is 2. The maximum absolute atomic E-state index is 13.9. The van der Waals surface area contributed by atoms with Crippen LogP contribution in [0.3, 0.4) is 0 Å². The monoisotopic (exact) mass is 546 g/mol. The van der Waals surface area contributed by atoms with Crippen LogP contribution in [0.4, 0.5) is 4.79 Å². The largest absolute Gasteiger partial charge is 0.487 e. The molecule has 40 heavy (non-hydrogen) atoms. The fourth-order valence-electron chi connectivity index (χ4n) is 4.63. The minimum absolute atomic E-state index is 0.0376. The molecule has 9 nitrogen and oxygen atoms in total. The van der Waals surface area contributed by atoms with Crippen molar-refractivity contribution in [1.29, 1.82) is 0 Å². The van der Waals surface area contributed by atoms with Crippen LogP contribution < -0.4 is 20.5 Å². The maximum atomic E-state index is 13.9. The first-order valence-electron chi connectivity index (χ1n) is 13.7. The van der Waals surface area contributed by atoms with Gasteiger partial charge < -0.3 is 19.7 Å². The highest BCUT2D eigenvalue weighted by molar-refractivity contribution is 5.96. The van der Waals surface area contributed by atoms with Gasteiger partial charge in [-0.05, 0) is 38.3 Å². The van der Waals surface area contributed by atoms with Crippen LogP contribution >= 0.6 is 0 Å². The molecule has 2 heterocycles. The molecule has 0 saturated heterocycles. The Labute approximate surface area is 235 Å². The quantitative estimate of drug-likeness (QED) is 0.371. The highest BCUT2D eigenvalue weighted by atomic mass is 16.6. The molecule has 0 bridgehead atoms. The topological polar surface area (TPSA) is 93.1 Å². The Morgan fingerprint density at radius 3 is 2.17 bits per heavy atom. The van der Waals surface area contributed by atoms with E-state index in [1.54, 1.807) is 36.5 Å². The Morgan fingerprint density at radius 1 is 0.975 bits per heavy atom. The van der Waals surface area contributed by atoms with Crippen LogP contribution in [-0.4, -0.2) is 53.5 Å². The van der Waals surface area contributed by atoms with Crippen molar-refractivity contribution in [2.75, 3.05) is 31.4 Å². The highest BCUT2D eigenvalue weighted by Gasteiger charge is 2.37. The van der Waals surface area contributed by atoms with E-state index in [1.165, 1.54) is 6.07 Å². The summed E-state index contributed by atoms with van der Waals surface area (Å²) >= 11 is 0. The zero-order chi connectivity index (χ0) is 28.7. The van der Waals surface area contributed by atoms with Gasteiger partial charge in [-0.1, -0.05) is 74.0 Å². The lowest BCUT2D eigenvalue weighted by atomic mass is 9.98. The molecule has 0 aliphatic carbocycles. The Balaban J connectivity index is 1.75. The zero-order valence-corrected chi connectivity index (χ0v) is 23.6. The second-order valence-electron chi connectivity index (χ2n) is 10.7. The SMILES string of the molecule is CCCCOc1c2n(ccc1=O)N(C(c1ccccc1)c1ccccc1)CN(CCNC(=O)OC(C)(C)C)C2=O. The summed E-state index contributed by atoms with van der Waals surface area (Å²) < 4.78 is 13.0. The highest BCUT2D eigenvalue weighted by Crippen LogP contribution is 2.32. The Bertz CT molecular complexity index is 1310. The van der Waals surface area contributed by atoms with Gasteiger partial charge in [-0.25, -0.2) is 4.79 Å². The number of aromatic nitrogens is 1. The molecule has 0 spiro atoms. The number of hydrogen-bond acceptors (Lipinski definition) is 6. The minimum Gasteiger partial charge on any atom is -0.487 e. The Morgan fingerprint density at radius 2 is 1.60 bits per heavy atom. The van der Waals surface area contributed by atoms with Crippen molar-refractivity contribution in [2.45, 2.75) is 52.2 Å². The van der Waals surface area contributed by atoms with Crippen LogP contribution in [0.15, 0.2) is 77.7 Å². The number of rotatable bonds is 10. The summed E-state index contributed by atoms with van der Waals surface area (Å²) in [5, 5.41) is 4.78. The molecule has 1 aliphatic heterocycles. The van der Waals surface area contributed by atoms with E-state index in [4.69, 9.17) is 9.47 Å². The molecule has 212 valence electrons. The molecule has 0 saturated carbocycles. The molecule has 1 aliphatic rings. The average molecular weight is 547 g/mol. The van der Waals surface area contributed by atoms with E-state index >= 15 is 0 Å². The van der Waals surface area contributed by atoms with Crippen LogP contribution in [-0.2, 0) is 4.74 Å². The molecule has 0 radical (unpaired) electrons. The van der Waals surface area contributed by atoms with E-state index < -0.39 is 11.7 Å². The standard InChI is InChI=1S/C31H38N4O5/c1-5-6-21-39-28-25(36)17-19-34-27(28)29(37)33(20-18-32-30(38)40-31(2,3)4)22-35(34)26(23-13-9-7-10-14-23)24-15-11-8-12-16-24/h7-17,19,26H,5-6,18,20-22H2,1-4H3,(H,32,38). The van der Waals surface area contributed by atoms with Crippen LogP contribution in [0, 0.1) is 0 Å². The number of unbranched alkanes of at least 4 members (excludes halogenated alkanes) is 1. The van der Waals surface area contributed by atoms with E-state index in [-0.39, 0.29) is 48.6 Å². The molecule has 2 amide bonds. The summed E-state index contributed by atoms with van der Waals surface area (Å²) in [6.07, 6.45) is 2.73. The number of amides is 2. The van der Waals surface area contributed by atoms with E-state index in [0.717, 1.165) is 24.0 Å². The lowest BCUT2D eigenvalue weighted by Gasteiger charge is -2.44. The second kappa shape index (κ2) is 12.7. The molecule has 9 heteroatoms. The van der Waals surface area contributed by atoms with Gasteiger partial charge in [0.1, 0.15) is 12.3 Å². The average Bonchev–Trinajstić information content (AvgIpc) is 2.92. The van der Waals surface area contributed by atoms with Gasteiger partial charge in [0, 0.05) is 25.4 Å². The van der Waals surface area contributed by atoms with Crippen LogP contribution in [0.25, 0.3) is 0 Å². The summed E-state index contributed by atoms with van der Waals surface area (Å²) in [4.78, 5) is 40.8. The predicted molar refractivity (Wildman–Crippen MR) is 154 cm³/mol. The van der Waals surface area contributed by atoms with Crippen molar-refractivity contribution in [3.63, 3.8) is 0 Å². The molecule has 0 unspecified atom stereocenters. The lowest BCUT2D eigenvalue weighted by molar-refractivity contribution is 0.0506. The van der Waals surface area contributed by atoms with Crippen molar-refractivity contribution in [1.82, 2.24) is 14.9 Å². The Kier molecular flexibility index (Phi) is 9.14. The summed E-state index contributed by atoms with van der Waals surface area (Å²) in [5.41, 5.74) is 1.23. The number of fused-ring (bicyclic) bond motifs is 1. The van der Waals surface area contributed by atoms with Gasteiger partial charge in [0.05, 0.1) is 12.6 Å². The van der Waals surface area contributed by atoms with Gasteiger partial charge in [0.2, 0.25) is 5.43 Å². The fraction of sp³-hybridized carbons (Fsp3) is 0.387. The number of carbonyl (C=O) groups is 2.